The second-order valence-corrected chi connectivity index (χ2v) is 3.91. The third-order valence-electron chi connectivity index (χ3n) is 1.87. The average Bonchev–Trinajstić information content (AvgIpc) is 2.33. The van der Waals surface area contributed by atoms with E-state index in [4.69, 9.17) is 4.74 Å². The van der Waals surface area contributed by atoms with Crippen LogP contribution in [-0.2, 0) is 0 Å². The normalized spacial score (nSPS) is 10.1. The van der Waals surface area contributed by atoms with Gasteiger partial charge in [-0.25, -0.2) is 14.4 Å². The van der Waals surface area contributed by atoms with Crippen molar-refractivity contribution in [3.05, 3.63) is 42.6 Å². The van der Waals surface area contributed by atoms with E-state index in [1.54, 1.807) is 7.11 Å². The second kappa shape index (κ2) is 4.94. The van der Waals surface area contributed by atoms with Crippen LogP contribution in [0.3, 0.4) is 0 Å². The average molecular weight is 235 g/mol. The van der Waals surface area contributed by atoms with E-state index in [2.05, 4.69) is 16.3 Å². The second-order valence-electron chi connectivity index (χ2n) is 2.88. The van der Waals surface area contributed by atoms with Crippen molar-refractivity contribution in [1.82, 2.24) is 9.97 Å². The van der Waals surface area contributed by atoms with Crippen molar-refractivity contribution < 1.29 is 9.13 Å². The van der Waals surface area contributed by atoms with Gasteiger partial charge in [-0.2, -0.15) is 0 Å². The molecule has 2 aromatic rings. The lowest BCUT2D eigenvalue weighted by Crippen LogP contribution is -1.90. The first-order chi connectivity index (χ1) is 7.81. The molecule has 0 spiro atoms. The van der Waals surface area contributed by atoms with Gasteiger partial charge >= 0.3 is 0 Å². The van der Waals surface area contributed by atoms with Crippen LogP contribution in [0.2, 0.25) is 0 Å². The summed E-state index contributed by atoms with van der Waals surface area (Å²) in [5.41, 5.74) is 0. The summed E-state index contributed by atoms with van der Waals surface area (Å²) in [5.74, 6) is 0.222. The largest absolute Gasteiger partial charge is 0.496 e. The van der Waals surface area contributed by atoms with E-state index in [0.717, 1.165) is 11.1 Å². The standard InChI is InChI=1S/C11H8FN2OS/c1-15-9-4-2-3-5-10(9)16-11-8(12)6-13-7-14-11/h2-6H,1H3. The number of aromatic nitrogens is 2. The number of nitrogens with zero attached hydrogens (tertiary/aromatic N) is 2. The molecule has 1 radical (unpaired) electrons. The summed E-state index contributed by atoms with van der Waals surface area (Å²) in [6.45, 7) is 0. The molecule has 0 aliphatic rings. The molecular weight excluding hydrogens is 227 g/mol. The number of ether oxygens (including phenoxy) is 1. The van der Waals surface area contributed by atoms with Gasteiger partial charge in [-0.15, -0.1) is 0 Å². The lowest BCUT2D eigenvalue weighted by atomic mass is 10.3. The van der Waals surface area contributed by atoms with Crippen molar-refractivity contribution in [2.24, 2.45) is 0 Å². The van der Waals surface area contributed by atoms with Crippen LogP contribution in [0.5, 0.6) is 5.75 Å². The number of hydrogen-bond acceptors (Lipinski definition) is 4. The molecule has 0 aliphatic carbocycles. The first-order valence-corrected chi connectivity index (χ1v) is 5.32. The minimum atomic E-state index is -0.463. The zero-order valence-electron chi connectivity index (χ0n) is 8.48. The molecule has 16 heavy (non-hydrogen) atoms. The third-order valence-corrected chi connectivity index (χ3v) is 2.90. The Labute approximate surface area is 96.7 Å². The van der Waals surface area contributed by atoms with Crippen LogP contribution in [0.25, 0.3) is 0 Å². The molecule has 1 aromatic carbocycles. The molecule has 0 unspecified atom stereocenters. The molecule has 1 heterocycles. The molecule has 5 heteroatoms. The van der Waals surface area contributed by atoms with Gasteiger partial charge in [0.1, 0.15) is 10.8 Å². The van der Waals surface area contributed by atoms with E-state index in [1.165, 1.54) is 11.8 Å². The molecule has 0 atom stereocenters. The van der Waals surface area contributed by atoms with Gasteiger partial charge in [-0.05, 0) is 12.1 Å². The molecule has 2 rings (SSSR count). The van der Waals surface area contributed by atoms with E-state index < -0.39 is 5.82 Å². The Balaban J connectivity index is 2.30. The molecule has 0 bridgehead atoms. The van der Waals surface area contributed by atoms with Gasteiger partial charge in [0.05, 0.1) is 18.2 Å². The number of para-hydroxylation sites is 1. The highest BCUT2D eigenvalue weighted by molar-refractivity contribution is 7.99. The van der Waals surface area contributed by atoms with Crippen LogP contribution in [0, 0.1) is 12.1 Å². The highest BCUT2D eigenvalue weighted by Gasteiger charge is 2.09. The number of methoxy groups -OCH3 is 1. The molecule has 0 N–H and O–H groups in total. The van der Waals surface area contributed by atoms with Crippen LogP contribution >= 0.6 is 11.8 Å². The smallest absolute Gasteiger partial charge is 0.199 e. The Morgan fingerprint density at radius 1 is 1.38 bits per heavy atom. The van der Waals surface area contributed by atoms with Gasteiger partial charge in [0.15, 0.2) is 12.1 Å². The lowest BCUT2D eigenvalue weighted by molar-refractivity contribution is 0.404. The quantitative estimate of drug-likeness (QED) is 0.766. The first-order valence-electron chi connectivity index (χ1n) is 4.50. The SMILES string of the molecule is COc1ccccc1Sc1n[c]ncc1F. The molecular formula is C11H8FN2OS. The van der Waals surface area contributed by atoms with E-state index in [-0.39, 0.29) is 5.03 Å². The highest BCUT2D eigenvalue weighted by atomic mass is 32.2. The fourth-order valence-corrected chi connectivity index (χ4v) is 1.99. The van der Waals surface area contributed by atoms with Crippen molar-refractivity contribution in [3.8, 4) is 5.75 Å². The molecule has 0 saturated carbocycles. The van der Waals surface area contributed by atoms with Crippen LogP contribution in [0.1, 0.15) is 0 Å². The number of hydrogen-bond donors (Lipinski definition) is 0. The fourth-order valence-electron chi connectivity index (χ4n) is 1.15. The maximum atomic E-state index is 13.3. The fraction of sp³-hybridized carbons (Fsp3) is 0.0909. The number of benzene rings is 1. The maximum Gasteiger partial charge on any atom is 0.199 e. The van der Waals surface area contributed by atoms with Gasteiger partial charge in [-0.3, -0.25) is 0 Å². The Hall–Kier alpha value is -1.62. The predicted octanol–water partition coefficient (Wildman–Crippen LogP) is 2.58. The summed E-state index contributed by atoms with van der Waals surface area (Å²) in [7, 11) is 1.57. The number of rotatable bonds is 3. The lowest BCUT2D eigenvalue weighted by Gasteiger charge is -2.06. The molecule has 0 aliphatic heterocycles. The molecule has 0 fully saturated rings. The Kier molecular flexibility index (Phi) is 3.36. The Morgan fingerprint density at radius 3 is 2.94 bits per heavy atom. The monoisotopic (exact) mass is 235 g/mol. The van der Waals surface area contributed by atoms with E-state index in [9.17, 15) is 4.39 Å². The summed E-state index contributed by atoms with van der Waals surface area (Å²) in [4.78, 5) is 8.02. The number of halogens is 1. The van der Waals surface area contributed by atoms with Crippen molar-refractivity contribution in [2.75, 3.05) is 7.11 Å². The van der Waals surface area contributed by atoms with E-state index >= 15 is 0 Å². The van der Waals surface area contributed by atoms with Gasteiger partial charge in [0, 0.05) is 0 Å². The van der Waals surface area contributed by atoms with Crippen molar-refractivity contribution in [1.29, 1.82) is 0 Å². The summed E-state index contributed by atoms with van der Waals surface area (Å²) >= 11 is 1.18. The van der Waals surface area contributed by atoms with E-state index in [1.807, 2.05) is 24.3 Å². The molecule has 1 aromatic heterocycles. The van der Waals surface area contributed by atoms with Crippen LogP contribution < -0.4 is 4.74 Å². The van der Waals surface area contributed by atoms with Gasteiger partial charge in [0.2, 0.25) is 0 Å². The van der Waals surface area contributed by atoms with Crippen LogP contribution in [0.4, 0.5) is 4.39 Å². The molecule has 0 amide bonds. The maximum absolute atomic E-state index is 13.3. The zero-order chi connectivity index (χ0) is 11.4. The van der Waals surface area contributed by atoms with Crippen LogP contribution in [-0.4, -0.2) is 17.1 Å². The summed E-state index contributed by atoms with van der Waals surface area (Å²) in [6, 6.07) is 7.36. The highest BCUT2D eigenvalue weighted by Crippen LogP contribution is 2.34. The van der Waals surface area contributed by atoms with E-state index in [0.29, 0.717) is 5.75 Å². The van der Waals surface area contributed by atoms with Gasteiger partial charge in [0.25, 0.3) is 0 Å². The zero-order valence-corrected chi connectivity index (χ0v) is 9.29. The topological polar surface area (TPSA) is 35.0 Å². The molecule has 0 saturated heterocycles. The minimum absolute atomic E-state index is 0.236. The Bertz CT molecular complexity index is 493. The molecule has 3 nitrogen and oxygen atoms in total. The molecule has 81 valence electrons. The summed E-state index contributed by atoms with van der Waals surface area (Å²) in [5, 5.41) is 0.236. The van der Waals surface area contributed by atoms with Gasteiger partial charge in [-0.1, -0.05) is 23.9 Å². The van der Waals surface area contributed by atoms with Crippen molar-refractivity contribution in [2.45, 2.75) is 9.92 Å². The Morgan fingerprint density at radius 2 is 2.19 bits per heavy atom. The van der Waals surface area contributed by atoms with Crippen molar-refractivity contribution >= 4 is 11.8 Å². The third kappa shape index (κ3) is 2.30. The minimum Gasteiger partial charge on any atom is -0.496 e. The van der Waals surface area contributed by atoms with Gasteiger partial charge < -0.3 is 4.74 Å². The summed E-state index contributed by atoms with van der Waals surface area (Å²) in [6.07, 6.45) is 3.45. The predicted molar refractivity (Wildman–Crippen MR) is 57.9 cm³/mol. The van der Waals surface area contributed by atoms with Crippen LogP contribution in [0.15, 0.2) is 40.4 Å². The van der Waals surface area contributed by atoms with Crippen molar-refractivity contribution in [3.63, 3.8) is 0 Å². The first kappa shape index (κ1) is 10.9. The summed E-state index contributed by atoms with van der Waals surface area (Å²) < 4.78 is 18.5.